The Morgan fingerprint density at radius 1 is 1.03 bits per heavy atom. The number of fused-ring (bicyclic) bond motifs is 1. The van der Waals surface area contributed by atoms with Crippen LogP contribution in [0.15, 0.2) is 22.8 Å². The zero-order valence-electron chi connectivity index (χ0n) is 21.6. The molecule has 2 N–H and O–H groups in total. The lowest BCUT2D eigenvalue weighted by Gasteiger charge is -2.39. The van der Waals surface area contributed by atoms with Crippen molar-refractivity contribution in [3.63, 3.8) is 0 Å². The zero-order valence-corrected chi connectivity index (χ0v) is 21.6. The summed E-state index contributed by atoms with van der Waals surface area (Å²) in [5.41, 5.74) is 6.17. The zero-order chi connectivity index (χ0) is 27.1. The molecule has 5 heterocycles. The fourth-order valence-corrected chi connectivity index (χ4v) is 6.09. The van der Waals surface area contributed by atoms with Crippen LogP contribution >= 0.6 is 0 Å². The first-order chi connectivity index (χ1) is 18.8. The second-order valence-electron chi connectivity index (χ2n) is 10.7. The average Bonchev–Trinajstić information content (AvgIpc) is 3.69. The Bertz CT molecular complexity index is 1300. The van der Waals surface area contributed by atoms with Gasteiger partial charge in [-0.15, -0.1) is 5.10 Å². The van der Waals surface area contributed by atoms with Gasteiger partial charge in [-0.3, -0.25) is 9.69 Å². The summed E-state index contributed by atoms with van der Waals surface area (Å²) in [6.07, 6.45) is 0.654. The summed E-state index contributed by atoms with van der Waals surface area (Å²) >= 11 is 0. The number of carbonyl (C=O) groups excluding carboxylic acids is 1. The fourth-order valence-electron chi connectivity index (χ4n) is 6.09. The van der Waals surface area contributed by atoms with Gasteiger partial charge in [0.1, 0.15) is 6.04 Å². The molecule has 14 heteroatoms. The minimum atomic E-state index is -4.08. The fraction of sp³-hybridized carbons (Fsp3) is 0.640. The van der Waals surface area contributed by atoms with Gasteiger partial charge in [0.05, 0.1) is 12.2 Å². The van der Waals surface area contributed by atoms with Gasteiger partial charge in [-0.25, -0.2) is 0 Å². The van der Waals surface area contributed by atoms with E-state index in [-0.39, 0.29) is 36.5 Å². The van der Waals surface area contributed by atoms with Crippen molar-refractivity contribution in [1.82, 2.24) is 34.4 Å². The highest BCUT2D eigenvalue weighted by Gasteiger charge is 2.42. The second-order valence-corrected chi connectivity index (χ2v) is 10.7. The van der Waals surface area contributed by atoms with Crippen LogP contribution in [0.4, 0.5) is 25.1 Å². The third kappa shape index (κ3) is 5.25. The smallest absolute Gasteiger partial charge is 0.391 e. The minimum absolute atomic E-state index is 0.0395. The third-order valence-corrected chi connectivity index (χ3v) is 8.27. The molecule has 0 bridgehead atoms. The molecule has 2 aliphatic heterocycles. The van der Waals surface area contributed by atoms with Crippen LogP contribution in [0, 0.1) is 11.8 Å². The topological polar surface area (TPSA) is 122 Å². The summed E-state index contributed by atoms with van der Waals surface area (Å²) in [6.45, 7) is 4.07. The Labute approximate surface area is 223 Å². The van der Waals surface area contributed by atoms with Crippen LogP contribution in [-0.2, 0) is 4.79 Å². The van der Waals surface area contributed by atoms with Crippen molar-refractivity contribution in [3.8, 4) is 11.6 Å². The number of halogens is 3. The molecule has 3 fully saturated rings. The monoisotopic (exact) mass is 547 g/mol. The molecule has 3 aromatic rings. The number of hydrogen-bond acceptors (Lipinski definition) is 9. The lowest BCUT2D eigenvalue weighted by Crippen LogP contribution is -2.54. The molecule has 1 saturated carbocycles. The van der Waals surface area contributed by atoms with Crippen LogP contribution in [0.3, 0.4) is 0 Å². The van der Waals surface area contributed by atoms with Crippen LogP contribution in [0.1, 0.15) is 38.5 Å². The van der Waals surface area contributed by atoms with Crippen molar-refractivity contribution in [1.29, 1.82) is 0 Å². The molecule has 11 nitrogen and oxygen atoms in total. The largest absolute Gasteiger partial charge is 0.461 e. The highest BCUT2D eigenvalue weighted by molar-refractivity contribution is 5.85. The van der Waals surface area contributed by atoms with Crippen molar-refractivity contribution in [2.45, 2.75) is 50.7 Å². The number of furan rings is 1. The van der Waals surface area contributed by atoms with Crippen LogP contribution in [-0.4, -0.2) is 91.8 Å². The molecular weight excluding hydrogens is 515 g/mol. The third-order valence-electron chi connectivity index (χ3n) is 8.27. The van der Waals surface area contributed by atoms with E-state index >= 15 is 0 Å². The maximum absolute atomic E-state index is 13.5. The summed E-state index contributed by atoms with van der Waals surface area (Å²) in [5.74, 6) is 0.762. The number of aromatic nitrogens is 5. The summed E-state index contributed by atoms with van der Waals surface area (Å²) in [4.78, 5) is 33.0. The van der Waals surface area contributed by atoms with E-state index in [9.17, 15) is 18.0 Å². The Balaban J connectivity index is 1.07. The van der Waals surface area contributed by atoms with E-state index in [2.05, 4.69) is 25.0 Å². The molecule has 3 aromatic heterocycles. The van der Waals surface area contributed by atoms with E-state index in [4.69, 9.17) is 10.2 Å². The standard InChI is InChI=1S/C25H32F3N9O2/c26-25(27,28)17-7-5-16(6-8-17)15-34-10-12-35(13-11-34)21(38)18-3-1-9-36(18)23-31-22(29)37-24(32-23)30-20(33-37)19-4-2-14-39-19/h2,4,14,16-18H,1,3,5-13,15H2,(H2,29,30,31,32,33)/t16?,17?,18-/m0/s1. The van der Waals surface area contributed by atoms with Gasteiger partial charge in [0.2, 0.25) is 23.6 Å². The number of anilines is 2. The first kappa shape index (κ1) is 25.8. The SMILES string of the molecule is Nc1nc(N2CCC[C@H]2C(=O)N2CCN(CC3CCC(C(F)(F)F)CC3)CC2)nc2nc(-c3ccco3)nn12. The maximum Gasteiger partial charge on any atom is 0.391 e. The highest BCUT2D eigenvalue weighted by atomic mass is 19.4. The summed E-state index contributed by atoms with van der Waals surface area (Å²) in [6, 6.07) is 3.10. The number of amides is 1. The number of rotatable bonds is 5. The molecule has 0 aromatic carbocycles. The van der Waals surface area contributed by atoms with Crippen LogP contribution < -0.4 is 10.6 Å². The summed E-state index contributed by atoms with van der Waals surface area (Å²) in [7, 11) is 0. The van der Waals surface area contributed by atoms with E-state index < -0.39 is 12.1 Å². The van der Waals surface area contributed by atoms with Crippen molar-refractivity contribution in [3.05, 3.63) is 18.4 Å². The van der Waals surface area contributed by atoms with E-state index in [1.807, 2.05) is 9.80 Å². The Morgan fingerprint density at radius 3 is 2.49 bits per heavy atom. The van der Waals surface area contributed by atoms with Gasteiger partial charge in [-0.05, 0) is 56.6 Å². The van der Waals surface area contributed by atoms with Crippen molar-refractivity contribution >= 4 is 23.6 Å². The number of piperazine rings is 1. The molecule has 6 rings (SSSR count). The number of hydrogen-bond donors (Lipinski definition) is 1. The lowest BCUT2D eigenvalue weighted by molar-refractivity contribution is -0.184. The predicted molar refractivity (Wildman–Crippen MR) is 136 cm³/mol. The molecule has 0 spiro atoms. The van der Waals surface area contributed by atoms with E-state index in [0.717, 1.165) is 26.1 Å². The van der Waals surface area contributed by atoms with Crippen molar-refractivity contribution in [2.75, 3.05) is 49.9 Å². The number of nitrogens with zero attached hydrogens (tertiary/aromatic N) is 8. The van der Waals surface area contributed by atoms with Crippen LogP contribution in [0.2, 0.25) is 0 Å². The Morgan fingerprint density at radius 2 is 1.79 bits per heavy atom. The predicted octanol–water partition coefficient (Wildman–Crippen LogP) is 2.84. The molecule has 39 heavy (non-hydrogen) atoms. The summed E-state index contributed by atoms with van der Waals surface area (Å²) in [5, 5.41) is 4.33. The first-order valence-electron chi connectivity index (χ1n) is 13.5. The molecule has 0 radical (unpaired) electrons. The number of alkyl halides is 3. The van der Waals surface area contributed by atoms with Gasteiger partial charge >= 0.3 is 6.18 Å². The first-order valence-corrected chi connectivity index (χ1v) is 13.5. The molecule has 2 saturated heterocycles. The molecule has 0 unspecified atom stereocenters. The quantitative estimate of drug-likeness (QED) is 0.514. The van der Waals surface area contributed by atoms with Crippen molar-refractivity contribution < 1.29 is 22.4 Å². The Hall–Kier alpha value is -3.42. The average molecular weight is 548 g/mol. The van der Waals surface area contributed by atoms with Crippen LogP contribution in [0.25, 0.3) is 17.4 Å². The van der Waals surface area contributed by atoms with Gasteiger partial charge in [0, 0.05) is 39.3 Å². The van der Waals surface area contributed by atoms with E-state index in [0.29, 0.717) is 62.3 Å². The van der Waals surface area contributed by atoms with Crippen molar-refractivity contribution in [2.24, 2.45) is 11.8 Å². The molecule has 1 amide bonds. The molecular formula is C25H32F3N9O2. The molecule has 3 aliphatic rings. The van der Waals surface area contributed by atoms with Gasteiger partial charge in [0.25, 0.3) is 5.78 Å². The Kier molecular flexibility index (Phi) is 6.81. The number of carbonyl (C=O) groups is 1. The highest BCUT2D eigenvalue weighted by Crippen LogP contribution is 2.39. The van der Waals surface area contributed by atoms with Crippen LogP contribution in [0.5, 0.6) is 0 Å². The molecule has 1 aliphatic carbocycles. The molecule has 210 valence electrons. The number of nitrogens with two attached hydrogens (primary N) is 1. The number of nitrogen functional groups attached to an aromatic ring is 1. The van der Waals surface area contributed by atoms with Gasteiger partial charge in [-0.2, -0.15) is 32.6 Å². The molecule has 1 atom stereocenters. The second kappa shape index (κ2) is 10.3. The van der Waals surface area contributed by atoms with Gasteiger partial charge in [-0.1, -0.05) is 0 Å². The van der Waals surface area contributed by atoms with E-state index in [1.165, 1.54) is 10.8 Å². The van der Waals surface area contributed by atoms with Gasteiger partial charge in [0.15, 0.2) is 5.76 Å². The van der Waals surface area contributed by atoms with E-state index in [1.54, 1.807) is 12.1 Å². The van der Waals surface area contributed by atoms with Gasteiger partial charge < -0.3 is 20.0 Å². The normalized spacial score (nSPS) is 25.1. The lowest BCUT2D eigenvalue weighted by atomic mass is 9.81. The minimum Gasteiger partial charge on any atom is -0.461 e. The maximum atomic E-state index is 13.5. The summed E-state index contributed by atoms with van der Waals surface area (Å²) < 4.78 is 45.6.